The fourth-order valence-electron chi connectivity index (χ4n) is 3.77. The number of hydrogen-bond donors (Lipinski definition) is 1. The Labute approximate surface area is 172 Å². The van der Waals surface area contributed by atoms with Gasteiger partial charge in [0, 0.05) is 5.69 Å². The van der Waals surface area contributed by atoms with Crippen LogP contribution in [0.3, 0.4) is 0 Å². The number of carbonyl (C=O) groups excluding carboxylic acids is 2. The number of thiazole rings is 1. The summed E-state index contributed by atoms with van der Waals surface area (Å²) in [5.41, 5.74) is 3.13. The largest absolute Gasteiger partial charge is 0.503 e. The number of Topliss-reactive ketones (excluding diaryl/α,β-unsaturated/α-hetero) is 1. The number of anilines is 1. The Kier molecular flexibility index (Phi) is 4.62. The molecule has 0 saturated heterocycles. The van der Waals surface area contributed by atoms with E-state index in [-0.39, 0.29) is 5.57 Å². The van der Waals surface area contributed by atoms with Gasteiger partial charge in [-0.25, -0.2) is 4.98 Å². The molecular weight excluding hydrogens is 388 g/mol. The molecule has 1 aromatic carbocycles. The van der Waals surface area contributed by atoms with Crippen molar-refractivity contribution in [3.8, 4) is 0 Å². The second kappa shape index (κ2) is 7.00. The van der Waals surface area contributed by atoms with Crippen LogP contribution in [0.2, 0.25) is 0 Å². The third kappa shape index (κ3) is 3.17. The summed E-state index contributed by atoms with van der Waals surface area (Å²) in [4.78, 5) is 32.6. The first kappa shape index (κ1) is 19.1. The molecule has 0 spiro atoms. The van der Waals surface area contributed by atoms with E-state index in [1.807, 2.05) is 39.0 Å². The number of aliphatic hydroxyl groups is 1. The highest BCUT2D eigenvalue weighted by atomic mass is 32.1. The lowest BCUT2D eigenvalue weighted by Crippen LogP contribution is -2.31. The zero-order chi connectivity index (χ0) is 20.9. The van der Waals surface area contributed by atoms with Gasteiger partial charge in [-0.3, -0.25) is 14.5 Å². The van der Waals surface area contributed by atoms with E-state index in [4.69, 9.17) is 4.42 Å². The number of ketones is 1. The van der Waals surface area contributed by atoms with Crippen LogP contribution >= 0.6 is 11.3 Å². The summed E-state index contributed by atoms with van der Waals surface area (Å²) in [7, 11) is 0. The Balaban J connectivity index is 1.89. The quantitative estimate of drug-likeness (QED) is 0.630. The van der Waals surface area contributed by atoms with Gasteiger partial charge >= 0.3 is 0 Å². The van der Waals surface area contributed by atoms with Crippen molar-refractivity contribution in [1.82, 2.24) is 4.98 Å². The predicted molar refractivity (Wildman–Crippen MR) is 110 cm³/mol. The molecule has 0 radical (unpaired) electrons. The van der Waals surface area contributed by atoms with Crippen molar-refractivity contribution < 1.29 is 19.1 Å². The van der Waals surface area contributed by atoms with Crippen molar-refractivity contribution in [1.29, 1.82) is 0 Å². The zero-order valence-corrected chi connectivity index (χ0v) is 17.3. The number of amides is 1. The molecule has 1 aliphatic rings. The average molecular weight is 408 g/mol. The number of rotatable bonds is 4. The highest BCUT2D eigenvalue weighted by Crippen LogP contribution is 2.43. The van der Waals surface area contributed by atoms with Crippen LogP contribution in [0.25, 0.3) is 0 Å². The van der Waals surface area contributed by atoms with Crippen LogP contribution in [0.15, 0.2) is 52.3 Å². The van der Waals surface area contributed by atoms with Crippen molar-refractivity contribution in [3.05, 3.63) is 80.4 Å². The van der Waals surface area contributed by atoms with Crippen LogP contribution in [0.1, 0.15) is 43.3 Å². The number of aliphatic hydroxyl groups excluding tert-OH is 1. The van der Waals surface area contributed by atoms with Gasteiger partial charge in [0.1, 0.15) is 11.8 Å². The molecular formula is C22H20N2O4S. The van der Waals surface area contributed by atoms with Gasteiger partial charge in [0.15, 0.2) is 5.76 Å². The summed E-state index contributed by atoms with van der Waals surface area (Å²) >= 11 is 1.25. The maximum atomic E-state index is 13.4. The second-order valence-electron chi connectivity index (χ2n) is 7.18. The number of hydrogen-bond acceptors (Lipinski definition) is 6. The third-order valence-electron chi connectivity index (χ3n) is 4.86. The number of aryl methyl sites for hydroxylation is 4. The summed E-state index contributed by atoms with van der Waals surface area (Å²) in [5.74, 6) is -1.18. The number of benzene rings is 1. The van der Waals surface area contributed by atoms with Gasteiger partial charge in [0.05, 0.1) is 27.4 Å². The first-order valence-electron chi connectivity index (χ1n) is 9.15. The normalized spacial score (nSPS) is 16.8. The van der Waals surface area contributed by atoms with E-state index in [1.54, 1.807) is 19.1 Å². The van der Waals surface area contributed by atoms with Crippen molar-refractivity contribution in [2.45, 2.75) is 33.7 Å². The van der Waals surface area contributed by atoms with Gasteiger partial charge in [-0.15, -0.1) is 11.3 Å². The molecule has 3 heterocycles. The van der Waals surface area contributed by atoms with Crippen molar-refractivity contribution in [2.24, 2.45) is 0 Å². The topological polar surface area (TPSA) is 83.6 Å². The fourth-order valence-corrected chi connectivity index (χ4v) is 4.65. The molecule has 2 aromatic heterocycles. The third-order valence-corrected chi connectivity index (χ3v) is 5.93. The average Bonchev–Trinajstić information content (AvgIpc) is 3.33. The zero-order valence-electron chi connectivity index (χ0n) is 16.5. The number of nitrogens with zero attached hydrogens (tertiary/aromatic N) is 2. The van der Waals surface area contributed by atoms with Gasteiger partial charge in [-0.2, -0.15) is 0 Å². The summed E-state index contributed by atoms with van der Waals surface area (Å²) < 4.78 is 5.57. The molecule has 0 bridgehead atoms. The minimum absolute atomic E-state index is 0.0101. The summed E-state index contributed by atoms with van der Waals surface area (Å²) in [5, 5.41) is 11.5. The summed E-state index contributed by atoms with van der Waals surface area (Å²) in [6.45, 7) is 7.42. The standard InChI is InChI=1S/C22H20N2O4S/c1-11-8-12(2)10-15(9-11)24-18(16-6-5-7-28-16)17(20(26)22(24)27)19(25)21-13(3)23-14(4)29-21/h5-10,18,26H,1-4H3. The first-order chi connectivity index (χ1) is 13.8. The van der Waals surface area contributed by atoms with Gasteiger partial charge < -0.3 is 9.52 Å². The molecule has 1 aliphatic heterocycles. The van der Waals surface area contributed by atoms with E-state index >= 15 is 0 Å². The molecule has 3 aromatic rings. The second-order valence-corrected chi connectivity index (χ2v) is 8.38. The van der Waals surface area contributed by atoms with E-state index in [0.717, 1.165) is 16.1 Å². The number of carbonyl (C=O) groups is 2. The van der Waals surface area contributed by atoms with Crippen LogP contribution in [0.4, 0.5) is 5.69 Å². The monoisotopic (exact) mass is 408 g/mol. The van der Waals surface area contributed by atoms with Gasteiger partial charge in [0.25, 0.3) is 5.91 Å². The smallest absolute Gasteiger partial charge is 0.294 e. The van der Waals surface area contributed by atoms with Crippen LogP contribution in [-0.2, 0) is 4.79 Å². The number of aromatic nitrogens is 1. The lowest BCUT2D eigenvalue weighted by Gasteiger charge is -2.25. The lowest BCUT2D eigenvalue weighted by atomic mass is 9.99. The van der Waals surface area contributed by atoms with Gasteiger partial charge in [-0.05, 0) is 63.1 Å². The molecule has 1 unspecified atom stereocenters. The van der Waals surface area contributed by atoms with Crippen molar-refractivity contribution in [3.63, 3.8) is 0 Å². The van der Waals surface area contributed by atoms with Crippen LogP contribution in [-0.4, -0.2) is 21.8 Å². The molecule has 0 aliphatic carbocycles. The Hall–Kier alpha value is -3.19. The van der Waals surface area contributed by atoms with Crippen molar-refractivity contribution in [2.75, 3.05) is 4.90 Å². The van der Waals surface area contributed by atoms with Gasteiger partial charge in [-0.1, -0.05) is 6.07 Å². The highest BCUT2D eigenvalue weighted by Gasteiger charge is 2.46. The molecule has 4 rings (SSSR count). The lowest BCUT2D eigenvalue weighted by molar-refractivity contribution is -0.117. The van der Waals surface area contributed by atoms with Gasteiger partial charge in [0.2, 0.25) is 5.78 Å². The minimum atomic E-state index is -0.854. The van der Waals surface area contributed by atoms with E-state index < -0.39 is 23.5 Å². The molecule has 1 N–H and O–H groups in total. The Morgan fingerprint density at radius 3 is 2.41 bits per heavy atom. The van der Waals surface area contributed by atoms with E-state index in [0.29, 0.717) is 22.0 Å². The van der Waals surface area contributed by atoms with E-state index in [9.17, 15) is 14.7 Å². The van der Waals surface area contributed by atoms with Crippen LogP contribution < -0.4 is 4.90 Å². The van der Waals surface area contributed by atoms with Crippen LogP contribution in [0.5, 0.6) is 0 Å². The number of furan rings is 1. The molecule has 148 valence electrons. The Morgan fingerprint density at radius 1 is 1.17 bits per heavy atom. The van der Waals surface area contributed by atoms with Crippen molar-refractivity contribution >= 4 is 28.7 Å². The maximum Gasteiger partial charge on any atom is 0.294 e. The molecule has 7 heteroatoms. The molecule has 29 heavy (non-hydrogen) atoms. The maximum absolute atomic E-state index is 13.4. The summed E-state index contributed by atoms with van der Waals surface area (Å²) in [6.07, 6.45) is 1.49. The Morgan fingerprint density at radius 2 is 1.86 bits per heavy atom. The van der Waals surface area contributed by atoms with Crippen LogP contribution in [0, 0.1) is 27.7 Å². The fraction of sp³-hybridized carbons (Fsp3) is 0.227. The minimum Gasteiger partial charge on any atom is -0.503 e. The summed E-state index contributed by atoms with van der Waals surface area (Å²) in [6, 6.07) is 8.23. The molecule has 0 saturated carbocycles. The molecule has 6 nitrogen and oxygen atoms in total. The SMILES string of the molecule is Cc1cc(C)cc(N2C(=O)C(O)=C(C(=O)c3sc(C)nc3C)C2c2ccco2)c1. The molecule has 0 fully saturated rings. The first-order valence-corrected chi connectivity index (χ1v) is 9.96. The molecule has 1 amide bonds. The molecule has 1 atom stereocenters. The van der Waals surface area contributed by atoms with E-state index in [2.05, 4.69) is 4.98 Å². The Bertz CT molecular complexity index is 1140. The predicted octanol–water partition coefficient (Wildman–Crippen LogP) is 4.75. The van der Waals surface area contributed by atoms with E-state index in [1.165, 1.54) is 22.5 Å². The highest BCUT2D eigenvalue weighted by molar-refractivity contribution is 7.14.